The number of hydrogen-bond donors (Lipinski definition) is 1. The number of para-hydroxylation sites is 1. The number of aromatic nitrogens is 5. The van der Waals surface area contributed by atoms with Gasteiger partial charge in [0.15, 0.2) is 11.6 Å². The number of nitrogens with zero attached hydrogens (tertiary/aromatic N) is 6. The minimum Gasteiger partial charge on any atom is -0.324 e. The molecular formula is C19H14ClN7. The van der Waals surface area contributed by atoms with Gasteiger partial charge in [-0.25, -0.2) is 15.0 Å². The first-order chi connectivity index (χ1) is 13.2. The number of benzene rings is 1. The van der Waals surface area contributed by atoms with Crippen molar-refractivity contribution >= 4 is 34.1 Å². The summed E-state index contributed by atoms with van der Waals surface area (Å²) in [6, 6.07) is 15.4. The van der Waals surface area contributed by atoms with Crippen molar-refractivity contribution < 1.29 is 0 Å². The predicted octanol–water partition coefficient (Wildman–Crippen LogP) is 4.04. The van der Waals surface area contributed by atoms with Crippen LogP contribution in [-0.2, 0) is 6.42 Å². The first kappa shape index (κ1) is 16.9. The number of anilines is 2. The van der Waals surface area contributed by atoms with Crippen molar-refractivity contribution in [1.82, 2.24) is 24.7 Å². The second-order valence-corrected chi connectivity index (χ2v) is 6.15. The van der Waals surface area contributed by atoms with Gasteiger partial charge in [0.2, 0.25) is 0 Å². The number of aryl methyl sites for hydroxylation is 1. The molecule has 0 bridgehead atoms. The molecule has 1 aromatic carbocycles. The fourth-order valence-corrected chi connectivity index (χ4v) is 2.91. The molecule has 4 rings (SSSR count). The van der Waals surface area contributed by atoms with E-state index in [-0.39, 0.29) is 0 Å². The van der Waals surface area contributed by atoms with Gasteiger partial charge < -0.3 is 5.32 Å². The van der Waals surface area contributed by atoms with E-state index < -0.39 is 0 Å². The summed E-state index contributed by atoms with van der Waals surface area (Å²) in [4.78, 5) is 13.2. The van der Waals surface area contributed by atoms with E-state index in [0.717, 1.165) is 10.9 Å². The highest BCUT2D eigenvalue weighted by atomic mass is 35.5. The summed E-state index contributed by atoms with van der Waals surface area (Å²) in [6.07, 6.45) is 2.13. The fraction of sp³-hybridized carbons (Fsp3) is 0.105. The second kappa shape index (κ2) is 7.02. The topological polar surface area (TPSA) is 92.3 Å². The molecule has 0 amide bonds. The molecule has 0 unspecified atom stereocenters. The third-order valence-electron chi connectivity index (χ3n) is 3.99. The number of halogens is 1. The third kappa shape index (κ3) is 3.30. The first-order valence-corrected chi connectivity index (χ1v) is 8.70. The van der Waals surface area contributed by atoms with Crippen molar-refractivity contribution in [3.63, 3.8) is 0 Å². The zero-order valence-corrected chi connectivity index (χ0v) is 15.1. The largest absolute Gasteiger partial charge is 0.324 e. The van der Waals surface area contributed by atoms with E-state index in [1.807, 2.05) is 43.3 Å². The van der Waals surface area contributed by atoms with Crippen molar-refractivity contribution in [3.8, 4) is 11.9 Å². The lowest BCUT2D eigenvalue weighted by atomic mass is 10.2. The van der Waals surface area contributed by atoms with Crippen LogP contribution in [0.2, 0.25) is 5.15 Å². The highest BCUT2D eigenvalue weighted by Gasteiger charge is 2.15. The van der Waals surface area contributed by atoms with Gasteiger partial charge in [-0.05, 0) is 18.2 Å². The van der Waals surface area contributed by atoms with Crippen LogP contribution < -0.4 is 5.32 Å². The maximum atomic E-state index is 9.46. The summed E-state index contributed by atoms with van der Waals surface area (Å²) >= 11 is 6.07. The molecule has 1 N–H and O–H groups in total. The number of pyridine rings is 1. The Balaban J connectivity index is 1.80. The molecular weight excluding hydrogens is 362 g/mol. The number of nitrogens with one attached hydrogen (secondary N) is 1. The highest BCUT2D eigenvalue weighted by Crippen LogP contribution is 2.24. The Hall–Kier alpha value is -3.50. The third-order valence-corrected chi connectivity index (χ3v) is 4.19. The molecule has 132 valence electrons. The zero-order valence-electron chi connectivity index (χ0n) is 14.4. The zero-order chi connectivity index (χ0) is 18.8. The number of fused-ring (bicyclic) bond motifs is 1. The summed E-state index contributed by atoms with van der Waals surface area (Å²) in [5.74, 6) is 2.16. The van der Waals surface area contributed by atoms with E-state index in [2.05, 4.69) is 31.4 Å². The Kier molecular flexibility index (Phi) is 4.40. The summed E-state index contributed by atoms with van der Waals surface area (Å²) in [7, 11) is 0. The summed E-state index contributed by atoms with van der Waals surface area (Å²) in [6.45, 7) is 1.94. The van der Waals surface area contributed by atoms with Gasteiger partial charge in [-0.15, -0.1) is 0 Å². The standard InChI is InChI=1S/C19H14ClN7/c1-2-16-24-15(20)9-17(25-16)26-19-13(10-21)11-22-27(19)18-8-7-12-5-3-4-6-14(12)23-18/h3-9,11H,2H2,1H3,(H,24,25,26). The van der Waals surface area contributed by atoms with E-state index in [1.165, 1.54) is 6.20 Å². The van der Waals surface area contributed by atoms with E-state index in [9.17, 15) is 5.26 Å². The van der Waals surface area contributed by atoms with Gasteiger partial charge in [0.1, 0.15) is 28.4 Å². The van der Waals surface area contributed by atoms with Gasteiger partial charge in [0.05, 0.1) is 11.7 Å². The van der Waals surface area contributed by atoms with Gasteiger partial charge >= 0.3 is 0 Å². The summed E-state index contributed by atoms with van der Waals surface area (Å²) < 4.78 is 1.58. The molecule has 8 heteroatoms. The number of nitriles is 1. The predicted molar refractivity (Wildman–Crippen MR) is 103 cm³/mol. The average Bonchev–Trinajstić information content (AvgIpc) is 3.09. The molecule has 7 nitrogen and oxygen atoms in total. The van der Waals surface area contributed by atoms with Gasteiger partial charge in [-0.1, -0.05) is 36.7 Å². The van der Waals surface area contributed by atoms with Crippen LogP contribution in [0.15, 0.2) is 48.7 Å². The summed E-state index contributed by atoms with van der Waals surface area (Å²) in [5, 5.41) is 18.3. The van der Waals surface area contributed by atoms with Crippen LogP contribution in [0.4, 0.5) is 11.6 Å². The van der Waals surface area contributed by atoms with Crippen LogP contribution >= 0.6 is 11.6 Å². The first-order valence-electron chi connectivity index (χ1n) is 8.32. The summed E-state index contributed by atoms with van der Waals surface area (Å²) in [5.41, 5.74) is 1.21. The Labute approximate surface area is 160 Å². The molecule has 0 radical (unpaired) electrons. The maximum absolute atomic E-state index is 9.46. The van der Waals surface area contributed by atoms with E-state index in [4.69, 9.17) is 11.6 Å². The van der Waals surface area contributed by atoms with Crippen molar-refractivity contribution in [3.05, 3.63) is 65.2 Å². The van der Waals surface area contributed by atoms with Crippen molar-refractivity contribution in [2.24, 2.45) is 0 Å². The minimum absolute atomic E-state index is 0.331. The van der Waals surface area contributed by atoms with E-state index >= 15 is 0 Å². The van der Waals surface area contributed by atoms with Crippen LogP contribution in [0.3, 0.4) is 0 Å². The van der Waals surface area contributed by atoms with Crippen molar-refractivity contribution in [2.75, 3.05) is 5.32 Å². The molecule has 0 aliphatic heterocycles. The smallest absolute Gasteiger partial charge is 0.156 e. The SMILES string of the molecule is CCc1nc(Cl)cc(Nc2c(C#N)cnn2-c2ccc3ccccc3n2)n1. The normalized spacial score (nSPS) is 10.7. The molecule has 0 saturated carbocycles. The lowest BCUT2D eigenvalue weighted by Gasteiger charge is -2.11. The second-order valence-electron chi connectivity index (χ2n) is 5.76. The number of rotatable bonds is 4. The molecule has 4 aromatic rings. The Morgan fingerprint density at radius 2 is 2.00 bits per heavy atom. The van der Waals surface area contributed by atoms with E-state index in [0.29, 0.717) is 40.4 Å². The van der Waals surface area contributed by atoms with Crippen LogP contribution in [0, 0.1) is 11.3 Å². The van der Waals surface area contributed by atoms with Crippen LogP contribution in [0.25, 0.3) is 16.7 Å². The van der Waals surface area contributed by atoms with Crippen molar-refractivity contribution in [1.29, 1.82) is 5.26 Å². The monoisotopic (exact) mass is 375 g/mol. The molecule has 3 aromatic heterocycles. The highest BCUT2D eigenvalue weighted by molar-refractivity contribution is 6.29. The molecule has 0 spiro atoms. The minimum atomic E-state index is 0.331. The molecule has 0 aliphatic rings. The fourth-order valence-electron chi connectivity index (χ4n) is 2.71. The Bertz CT molecular complexity index is 1180. The van der Waals surface area contributed by atoms with Gasteiger partial charge in [-0.2, -0.15) is 15.0 Å². The van der Waals surface area contributed by atoms with Gasteiger partial charge in [0, 0.05) is 17.9 Å². The van der Waals surface area contributed by atoms with Crippen LogP contribution in [-0.4, -0.2) is 24.7 Å². The quantitative estimate of drug-likeness (QED) is 0.541. The maximum Gasteiger partial charge on any atom is 0.156 e. The molecule has 3 heterocycles. The lowest BCUT2D eigenvalue weighted by Crippen LogP contribution is -2.07. The van der Waals surface area contributed by atoms with Gasteiger partial charge in [-0.3, -0.25) is 0 Å². The molecule has 0 aliphatic carbocycles. The van der Waals surface area contributed by atoms with Crippen molar-refractivity contribution in [2.45, 2.75) is 13.3 Å². The Morgan fingerprint density at radius 3 is 2.81 bits per heavy atom. The average molecular weight is 376 g/mol. The van der Waals surface area contributed by atoms with Crippen LogP contribution in [0.1, 0.15) is 18.3 Å². The molecule has 27 heavy (non-hydrogen) atoms. The molecule has 0 atom stereocenters. The lowest BCUT2D eigenvalue weighted by molar-refractivity contribution is 0.857. The van der Waals surface area contributed by atoms with Crippen LogP contribution in [0.5, 0.6) is 0 Å². The molecule has 0 saturated heterocycles. The van der Waals surface area contributed by atoms with Gasteiger partial charge in [0.25, 0.3) is 0 Å². The van der Waals surface area contributed by atoms with E-state index in [1.54, 1.807) is 10.7 Å². The number of hydrogen-bond acceptors (Lipinski definition) is 6. The molecule has 0 fully saturated rings. The Morgan fingerprint density at radius 1 is 1.15 bits per heavy atom.